The van der Waals surface area contributed by atoms with E-state index in [1.807, 2.05) is 9.80 Å². The second-order valence-corrected chi connectivity index (χ2v) is 7.88. The highest BCUT2D eigenvalue weighted by molar-refractivity contribution is 5.94. The van der Waals surface area contributed by atoms with Crippen molar-refractivity contribution in [3.63, 3.8) is 0 Å². The molecule has 3 rings (SSSR count). The number of piperidine rings is 1. The van der Waals surface area contributed by atoms with Gasteiger partial charge in [0.2, 0.25) is 0 Å². The molecule has 0 aliphatic carbocycles. The Bertz CT molecular complexity index is 651. The second kappa shape index (κ2) is 8.74. The van der Waals surface area contributed by atoms with Crippen LogP contribution in [0.15, 0.2) is 24.3 Å². The molecule has 2 saturated heterocycles. The molecule has 0 aromatic heterocycles. The van der Waals surface area contributed by atoms with Crippen LogP contribution in [0.25, 0.3) is 0 Å². The SMILES string of the molecule is CC1CCCC(C)N1C(=O)COc1ccc(C(=O)N2CCC(CN)C2)cc1. The summed E-state index contributed by atoms with van der Waals surface area (Å²) in [5.41, 5.74) is 6.34. The highest BCUT2D eigenvalue weighted by atomic mass is 16.5. The van der Waals surface area contributed by atoms with E-state index in [0.717, 1.165) is 32.4 Å². The third-order valence-corrected chi connectivity index (χ3v) is 5.85. The van der Waals surface area contributed by atoms with Crippen LogP contribution in [-0.4, -0.2) is 59.9 Å². The number of likely N-dealkylation sites (tertiary alicyclic amines) is 2. The Morgan fingerprint density at radius 2 is 1.78 bits per heavy atom. The van der Waals surface area contributed by atoms with Crippen molar-refractivity contribution in [1.82, 2.24) is 9.80 Å². The lowest BCUT2D eigenvalue weighted by Gasteiger charge is -2.38. The Hall–Kier alpha value is -2.08. The summed E-state index contributed by atoms with van der Waals surface area (Å²) in [4.78, 5) is 28.9. The first-order valence-electron chi connectivity index (χ1n) is 10.0. The van der Waals surface area contributed by atoms with Gasteiger partial charge in [-0.1, -0.05) is 0 Å². The summed E-state index contributed by atoms with van der Waals surface area (Å²) in [5, 5.41) is 0. The molecule has 2 N–H and O–H groups in total. The molecule has 2 aliphatic heterocycles. The fourth-order valence-electron chi connectivity index (χ4n) is 4.22. The van der Waals surface area contributed by atoms with E-state index in [1.165, 1.54) is 6.42 Å². The maximum atomic E-state index is 12.5. The Kier molecular flexibility index (Phi) is 6.37. The van der Waals surface area contributed by atoms with Crippen LogP contribution in [0.1, 0.15) is 49.9 Å². The van der Waals surface area contributed by atoms with E-state index < -0.39 is 0 Å². The van der Waals surface area contributed by atoms with E-state index in [0.29, 0.717) is 23.8 Å². The zero-order valence-corrected chi connectivity index (χ0v) is 16.4. The zero-order chi connectivity index (χ0) is 19.4. The normalized spacial score (nSPS) is 25.5. The van der Waals surface area contributed by atoms with Crippen molar-refractivity contribution in [3.05, 3.63) is 29.8 Å². The summed E-state index contributed by atoms with van der Waals surface area (Å²) in [7, 11) is 0. The van der Waals surface area contributed by atoms with Crippen LogP contribution < -0.4 is 10.5 Å². The minimum atomic E-state index is 0.0275. The lowest BCUT2D eigenvalue weighted by molar-refractivity contribution is -0.139. The summed E-state index contributed by atoms with van der Waals surface area (Å²) < 4.78 is 5.68. The minimum Gasteiger partial charge on any atom is -0.484 e. The smallest absolute Gasteiger partial charge is 0.260 e. The molecule has 1 aromatic rings. The molecular formula is C21H31N3O3. The third-order valence-electron chi connectivity index (χ3n) is 5.85. The van der Waals surface area contributed by atoms with Gasteiger partial charge in [0.05, 0.1) is 0 Å². The van der Waals surface area contributed by atoms with Gasteiger partial charge in [-0.25, -0.2) is 0 Å². The number of nitrogens with two attached hydrogens (primary N) is 1. The van der Waals surface area contributed by atoms with E-state index in [4.69, 9.17) is 10.5 Å². The molecule has 6 nitrogen and oxygen atoms in total. The van der Waals surface area contributed by atoms with Gasteiger partial charge in [-0.2, -0.15) is 0 Å². The molecule has 1 aromatic carbocycles. The number of hydrogen-bond donors (Lipinski definition) is 1. The maximum absolute atomic E-state index is 12.5. The number of rotatable bonds is 5. The molecule has 6 heteroatoms. The van der Waals surface area contributed by atoms with E-state index in [9.17, 15) is 9.59 Å². The lowest BCUT2D eigenvalue weighted by atomic mass is 9.97. The van der Waals surface area contributed by atoms with Crippen LogP contribution in [-0.2, 0) is 4.79 Å². The average Bonchev–Trinajstić information content (AvgIpc) is 3.15. The molecule has 2 heterocycles. The number of carbonyl (C=O) groups excluding carboxylic acids is 2. The first kappa shape index (κ1) is 19.7. The summed E-state index contributed by atoms with van der Waals surface area (Å²) >= 11 is 0. The van der Waals surface area contributed by atoms with Crippen LogP contribution in [0.2, 0.25) is 0 Å². The predicted molar refractivity (Wildman–Crippen MR) is 105 cm³/mol. The van der Waals surface area contributed by atoms with Crippen LogP contribution in [0.4, 0.5) is 0 Å². The van der Waals surface area contributed by atoms with Gasteiger partial charge in [0, 0.05) is 30.7 Å². The third kappa shape index (κ3) is 4.61. The highest BCUT2D eigenvalue weighted by Gasteiger charge is 2.29. The standard InChI is InChI=1S/C21H31N3O3/c1-15-4-3-5-16(2)24(15)20(25)14-27-19-8-6-18(7-9-19)21(26)23-11-10-17(12-22)13-23/h6-9,15-17H,3-5,10-14,22H2,1-2H3. The van der Waals surface area contributed by atoms with Crippen molar-refractivity contribution >= 4 is 11.8 Å². The molecule has 0 saturated carbocycles. The van der Waals surface area contributed by atoms with Crippen molar-refractivity contribution in [1.29, 1.82) is 0 Å². The van der Waals surface area contributed by atoms with E-state index in [2.05, 4.69) is 13.8 Å². The molecule has 3 unspecified atom stereocenters. The van der Waals surface area contributed by atoms with Gasteiger partial charge in [0.15, 0.2) is 6.61 Å². The molecule has 27 heavy (non-hydrogen) atoms. The fourth-order valence-corrected chi connectivity index (χ4v) is 4.22. The van der Waals surface area contributed by atoms with E-state index >= 15 is 0 Å². The molecule has 3 atom stereocenters. The second-order valence-electron chi connectivity index (χ2n) is 7.88. The first-order chi connectivity index (χ1) is 13.0. The molecule has 0 radical (unpaired) electrons. The Balaban J connectivity index is 1.53. The van der Waals surface area contributed by atoms with Gasteiger partial charge in [0.25, 0.3) is 11.8 Å². The van der Waals surface area contributed by atoms with Gasteiger partial charge < -0.3 is 20.3 Å². The monoisotopic (exact) mass is 373 g/mol. The van der Waals surface area contributed by atoms with Gasteiger partial charge in [-0.3, -0.25) is 9.59 Å². The van der Waals surface area contributed by atoms with Crippen LogP contribution >= 0.6 is 0 Å². The number of carbonyl (C=O) groups is 2. The largest absolute Gasteiger partial charge is 0.484 e. The number of nitrogens with zero attached hydrogens (tertiary/aromatic N) is 2. The Morgan fingerprint density at radius 3 is 2.37 bits per heavy atom. The summed E-state index contributed by atoms with van der Waals surface area (Å²) in [5.74, 6) is 1.07. The molecule has 2 aliphatic rings. The molecule has 148 valence electrons. The van der Waals surface area contributed by atoms with Crippen LogP contribution in [0.3, 0.4) is 0 Å². The van der Waals surface area contributed by atoms with Crippen molar-refractivity contribution < 1.29 is 14.3 Å². The lowest BCUT2D eigenvalue weighted by Crippen LogP contribution is -2.49. The van der Waals surface area contributed by atoms with Gasteiger partial charge >= 0.3 is 0 Å². The highest BCUT2D eigenvalue weighted by Crippen LogP contribution is 2.23. The Labute approximate surface area is 161 Å². The van der Waals surface area contributed by atoms with Crippen molar-refractivity contribution in [2.75, 3.05) is 26.2 Å². The molecule has 0 spiro atoms. The minimum absolute atomic E-state index is 0.0275. The van der Waals surface area contributed by atoms with Gasteiger partial charge in [-0.05, 0) is 76.3 Å². The molecule has 2 fully saturated rings. The number of amides is 2. The topological polar surface area (TPSA) is 75.9 Å². The van der Waals surface area contributed by atoms with Crippen LogP contribution in [0, 0.1) is 5.92 Å². The number of hydrogen-bond acceptors (Lipinski definition) is 4. The molecular weight excluding hydrogens is 342 g/mol. The molecule has 0 bridgehead atoms. The predicted octanol–water partition coefficient (Wildman–Crippen LogP) is 2.28. The fraction of sp³-hybridized carbons (Fsp3) is 0.619. The number of ether oxygens (including phenoxy) is 1. The maximum Gasteiger partial charge on any atom is 0.260 e. The zero-order valence-electron chi connectivity index (χ0n) is 16.4. The van der Waals surface area contributed by atoms with Crippen LogP contribution in [0.5, 0.6) is 5.75 Å². The summed E-state index contributed by atoms with van der Waals surface area (Å²) in [6, 6.07) is 7.60. The summed E-state index contributed by atoms with van der Waals surface area (Å²) in [6.45, 7) is 6.35. The number of benzene rings is 1. The van der Waals surface area contributed by atoms with Crippen molar-refractivity contribution in [2.45, 2.75) is 51.6 Å². The summed E-state index contributed by atoms with van der Waals surface area (Å²) in [6.07, 6.45) is 4.24. The quantitative estimate of drug-likeness (QED) is 0.859. The van der Waals surface area contributed by atoms with Crippen molar-refractivity contribution in [3.8, 4) is 5.75 Å². The van der Waals surface area contributed by atoms with Gasteiger partial charge in [-0.15, -0.1) is 0 Å². The average molecular weight is 373 g/mol. The molecule has 2 amide bonds. The van der Waals surface area contributed by atoms with E-state index in [-0.39, 0.29) is 30.5 Å². The Morgan fingerprint density at radius 1 is 1.11 bits per heavy atom. The van der Waals surface area contributed by atoms with E-state index in [1.54, 1.807) is 24.3 Å². The first-order valence-corrected chi connectivity index (χ1v) is 10.0. The van der Waals surface area contributed by atoms with Crippen molar-refractivity contribution in [2.24, 2.45) is 11.7 Å². The van der Waals surface area contributed by atoms with Gasteiger partial charge in [0.1, 0.15) is 5.75 Å².